The molecule has 0 bridgehead atoms. The number of fused-ring (bicyclic) bond motifs is 1. The molecule has 3 N–H and O–H groups in total. The monoisotopic (exact) mass is 288 g/mol. The van der Waals surface area contributed by atoms with Crippen LogP contribution in [0.3, 0.4) is 0 Å². The minimum absolute atomic E-state index is 0.356. The van der Waals surface area contributed by atoms with Crippen LogP contribution in [0.4, 0.5) is 0 Å². The van der Waals surface area contributed by atoms with Crippen LogP contribution in [-0.2, 0) is 0 Å². The molecule has 3 rings (SSSR count). The predicted octanol–water partition coefficient (Wildman–Crippen LogP) is 3.46. The first-order valence-electron chi connectivity index (χ1n) is 8.07. The molecule has 1 aliphatic carbocycles. The lowest BCUT2D eigenvalue weighted by molar-refractivity contribution is 0.246. The minimum Gasteiger partial charge on any atom is -0.493 e. The van der Waals surface area contributed by atoms with E-state index < -0.39 is 0 Å². The smallest absolute Gasteiger partial charge is 0.122 e. The van der Waals surface area contributed by atoms with Gasteiger partial charge < -0.3 is 4.74 Å². The molecule has 3 nitrogen and oxygen atoms in total. The molecule has 2 aliphatic rings. The van der Waals surface area contributed by atoms with Crippen molar-refractivity contribution in [2.24, 2.45) is 22.6 Å². The number of rotatable bonds is 4. The molecule has 116 valence electrons. The van der Waals surface area contributed by atoms with Gasteiger partial charge in [0.25, 0.3) is 0 Å². The third-order valence-corrected chi connectivity index (χ3v) is 6.37. The first-order chi connectivity index (χ1) is 9.89. The van der Waals surface area contributed by atoms with Crippen molar-refractivity contribution in [2.75, 3.05) is 6.61 Å². The summed E-state index contributed by atoms with van der Waals surface area (Å²) in [5.41, 5.74) is 5.17. The summed E-state index contributed by atoms with van der Waals surface area (Å²) in [6.07, 6.45) is 2.18. The maximum absolute atomic E-state index is 5.91. The lowest BCUT2D eigenvalue weighted by Gasteiger charge is -2.29. The second kappa shape index (κ2) is 4.99. The molecular weight excluding hydrogens is 260 g/mol. The highest BCUT2D eigenvalue weighted by Crippen LogP contribution is 2.70. The molecule has 3 heteroatoms. The molecule has 1 aliphatic heterocycles. The normalized spacial score (nSPS) is 27.6. The SMILES string of the molecule is CC1(C)C(C(CC2CCOc3ccccc32)NN)C1(C)C. The number of benzene rings is 1. The lowest BCUT2D eigenvalue weighted by atomic mass is 9.85. The van der Waals surface area contributed by atoms with Gasteiger partial charge in [0.1, 0.15) is 5.75 Å². The Hall–Kier alpha value is -1.06. The standard InChI is InChI=1S/C18H28N2O/c1-17(2)16(18(17,3)4)14(20-19)11-12-9-10-21-15-8-6-5-7-13(12)15/h5-8,12,14,16,20H,9-11,19H2,1-4H3. The zero-order valence-corrected chi connectivity index (χ0v) is 13.6. The van der Waals surface area contributed by atoms with E-state index in [0.717, 1.165) is 25.2 Å². The molecule has 2 atom stereocenters. The first kappa shape index (κ1) is 14.9. The van der Waals surface area contributed by atoms with E-state index in [2.05, 4.69) is 51.3 Å². The summed E-state index contributed by atoms with van der Waals surface area (Å²) >= 11 is 0. The maximum atomic E-state index is 5.91. The van der Waals surface area contributed by atoms with Gasteiger partial charge in [-0.15, -0.1) is 0 Å². The van der Waals surface area contributed by atoms with Crippen molar-refractivity contribution in [1.82, 2.24) is 5.43 Å². The zero-order valence-electron chi connectivity index (χ0n) is 13.6. The van der Waals surface area contributed by atoms with Crippen LogP contribution in [0.2, 0.25) is 0 Å². The van der Waals surface area contributed by atoms with E-state index in [1.165, 1.54) is 5.56 Å². The third kappa shape index (κ3) is 2.27. The van der Waals surface area contributed by atoms with Crippen LogP contribution in [0.15, 0.2) is 24.3 Å². The molecule has 1 aromatic rings. The Bertz CT molecular complexity index is 510. The Balaban J connectivity index is 1.78. The van der Waals surface area contributed by atoms with Crippen LogP contribution >= 0.6 is 0 Å². The van der Waals surface area contributed by atoms with Crippen LogP contribution in [0.5, 0.6) is 5.75 Å². The molecule has 1 heterocycles. The average Bonchev–Trinajstić information content (AvgIpc) is 2.87. The van der Waals surface area contributed by atoms with Gasteiger partial charge in [-0.05, 0) is 47.1 Å². The largest absolute Gasteiger partial charge is 0.493 e. The van der Waals surface area contributed by atoms with E-state index in [9.17, 15) is 0 Å². The van der Waals surface area contributed by atoms with Crippen molar-refractivity contribution in [3.63, 3.8) is 0 Å². The van der Waals surface area contributed by atoms with E-state index in [1.807, 2.05) is 6.07 Å². The molecule has 1 fully saturated rings. The summed E-state index contributed by atoms with van der Waals surface area (Å²) in [5.74, 6) is 8.14. The average molecular weight is 288 g/mol. The fourth-order valence-corrected chi connectivity index (χ4v) is 4.52. The molecule has 21 heavy (non-hydrogen) atoms. The second-order valence-electron chi connectivity index (χ2n) is 7.80. The first-order valence-corrected chi connectivity index (χ1v) is 8.07. The molecule has 0 radical (unpaired) electrons. The summed E-state index contributed by atoms with van der Waals surface area (Å²) in [6, 6.07) is 8.81. The van der Waals surface area contributed by atoms with Crippen LogP contribution in [-0.4, -0.2) is 12.6 Å². The number of nitrogens with two attached hydrogens (primary N) is 1. The molecule has 0 aromatic heterocycles. The number of ether oxygens (including phenoxy) is 1. The van der Waals surface area contributed by atoms with Gasteiger partial charge in [-0.1, -0.05) is 45.9 Å². The molecule has 0 saturated heterocycles. The number of hydrogen-bond acceptors (Lipinski definition) is 3. The Kier molecular flexibility index (Phi) is 3.53. The molecule has 0 spiro atoms. The van der Waals surface area contributed by atoms with Gasteiger partial charge in [-0.2, -0.15) is 0 Å². The third-order valence-electron chi connectivity index (χ3n) is 6.37. The van der Waals surface area contributed by atoms with E-state index in [0.29, 0.717) is 28.7 Å². The Morgan fingerprint density at radius 1 is 1.24 bits per heavy atom. The van der Waals surface area contributed by atoms with Crippen LogP contribution in [0, 0.1) is 16.7 Å². The molecule has 1 aromatic carbocycles. The van der Waals surface area contributed by atoms with Gasteiger partial charge in [0.15, 0.2) is 0 Å². The van der Waals surface area contributed by atoms with Crippen LogP contribution < -0.4 is 16.0 Å². The second-order valence-corrected chi connectivity index (χ2v) is 7.80. The summed E-state index contributed by atoms with van der Waals surface area (Å²) in [7, 11) is 0. The topological polar surface area (TPSA) is 47.3 Å². The highest BCUT2D eigenvalue weighted by atomic mass is 16.5. The summed E-state index contributed by atoms with van der Waals surface area (Å²) < 4.78 is 5.78. The number of para-hydroxylation sites is 1. The quantitative estimate of drug-likeness (QED) is 0.659. The molecule has 1 saturated carbocycles. The highest BCUT2D eigenvalue weighted by Gasteiger charge is 2.67. The maximum Gasteiger partial charge on any atom is 0.122 e. The van der Waals surface area contributed by atoms with Crippen molar-refractivity contribution in [3.8, 4) is 5.75 Å². The molecule has 0 amide bonds. The van der Waals surface area contributed by atoms with Crippen molar-refractivity contribution in [3.05, 3.63) is 29.8 Å². The van der Waals surface area contributed by atoms with E-state index in [1.54, 1.807) is 0 Å². The van der Waals surface area contributed by atoms with Gasteiger partial charge in [-0.25, -0.2) is 0 Å². The summed E-state index contributed by atoms with van der Waals surface area (Å²) in [6.45, 7) is 10.3. The van der Waals surface area contributed by atoms with Gasteiger partial charge >= 0.3 is 0 Å². The fourth-order valence-electron chi connectivity index (χ4n) is 4.52. The van der Waals surface area contributed by atoms with E-state index >= 15 is 0 Å². The highest BCUT2D eigenvalue weighted by molar-refractivity contribution is 5.38. The lowest BCUT2D eigenvalue weighted by Crippen LogP contribution is -2.40. The van der Waals surface area contributed by atoms with Crippen molar-refractivity contribution in [1.29, 1.82) is 0 Å². The summed E-state index contributed by atoms with van der Waals surface area (Å²) in [5, 5.41) is 0. The van der Waals surface area contributed by atoms with Crippen molar-refractivity contribution < 1.29 is 4.74 Å². The number of hydrogen-bond donors (Lipinski definition) is 2. The van der Waals surface area contributed by atoms with Crippen LogP contribution in [0.1, 0.15) is 52.0 Å². The summed E-state index contributed by atoms with van der Waals surface area (Å²) in [4.78, 5) is 0. The van der Waals surface area contributed by atoms with Gasteiger partial charge in [-0.3, -0.25) is 11.3 Å². The molecule has 2 unspecified atom stereocenters. The van der Waals surface area contributed by atoms with Crippen LogP contribution in [0.25, 0.3) is 0 Å². The Labute approximate surface area is 128 Å². The predicted molar refractivity (Wildman–Crippen MR) is 86.1 cm³/mol. The van der Waals surface area contributed by atoms with Gasteiger partial charge in [0, 0.05) is 6.04 Å². The number of nitrogens with one attached hydrogen (secondary N) is 1. The van der Waals surface area contributed by atoms with Gasteiger partial charge in [0.05, 0.1) is 6.61 Å². The van der Waals surface area contributed by atoms with Crippen molar-refractivity contribution >= 4 is 0 Å². The Morgan fingerprint density at radius 3 is 2.52 bits per heavy atom. The Morgan fingerprint density at radius 2 is 1.90 bits per heavy atom. The minimum atomic E-state index is 0.356. The van der Waals surface area contributed by atoms with Crippen molar-refractivity contribution in [2.45, 2.75) is 52.5 Å². The number of hydrazine groups is 1. The van der Waals surface area contributed by atoms with E-state index in [-0.39, 0.29) is 0 Å². The van der Waals surface area contributed by atoms with E-state index in [4.69, 9.17) is 10.6 Å². The fraction of sp³-hybridized carbons (Fsp3) is 0.667. The zero-order chi connectivity index (χ0) is 15.3. The molecular formula is C18H28N2O. The van der Waals surface area contributed by atoms with Gasteiger partial charge in [0.2, 0.25) is 0 Å².